The van der Waals surface area contributed by atoms with E-state index in [0.717, 1.165) is 0 Å². The quantitative estimate of drug-likeness (QED) is 0.377. The van der Waals surface area contributed by atoms with Crippen LogP contribution in [0.4, 0.5) is 5.69 Å². The molecule has 1 aromatic heterocycles. The number of aliphatic hydroxyl groups excluding tert-OH is 1. The summed E-state index contributed by atoms with van der Waals surface area (Å²) in [5.41, 5.74) is 1.75. The average molecular weight is 425 g/mol. The predicted molar refractivity (Wildman–Crippen MR) is 118 cm³/mol. The summed E-state index contributed by atoms with van der Waals surface area (Å²) in [6.45, 7) is 2.29. The summed E-state index contributed by atoms with van der Waals surface area (Å²) in [5, 5.41) is 20.2. The number of hydrogen-bond donors (Lipinski definition) is 1. The number of amides is 1. The molecular weight excluding hydrogens is 406 g/mol. The highest BCUT2D eigenvalue weighted by Gasteiger charge is 2.47. The number of aliphatic hydroxyl groups is 1. The minimum Gasteiger partial charge on any atom is -0.507 e. The van der Waals surface area contributed by atoms with E-state index in [1.165, 1.54) is 4.90 Å². The highest BCUT2D eigenvalue weighted by molar-refractivity contribution is 6.51. The fraction of sp³-hybridized carbons (Fsp3) is 0.120. The van der Waals surface area contributed by atoms with Crippen molar-refractivity contribution in [3.05, 3.63) is 95.3 Å². The van der Waals surface area contributed by atoms with Crippen molar-refractivity contribution in [1.82, 2.24) is 4.98 Å². The molecule has 1 N–H and O–H groups in total. The molecule has 7 nitrogen and oxygen atoms in total. The van der Waals surface area contributed by atoms with Crippen LogP contribution in [-0.4, -0.2) is 28.4 Å². The number of hydrogen-bond acceptors (Lipinski definition) is 6. The van der Waals surface area contributed by atoms with Crippen LogP contribution in [-0.2, 0) is 9.59 Å². The second-order valence-electron chi connectivity index (χ2n) is 7.07. The van der Waals surface area contributed by atoms with Crippen LogP contribution in [0.15, 0.2) is 78.6 Å². The number of aromatic nitrogens is 1. The molecule has 0 saturated carbocycles. The number of rotatable bonds is 5. The second-order valence-corrected chi connectivity index (χ2v) is 7.07. The van der Waals surface area contributed by atoms with Crippen LogP contribution in [0, 0.1) is 11.3 Å². The normalized spacial score (nSPS) is 17.2. The maximum absolute atomic E-state index is 13.1. The average Bonchev–Trinajstić information content (AvgIpc) is 3.10. The SMILES string of the molecule is CCOc1cccc(/C(O)=C2/C(=O)C(=O)N(c3ccc(C#N)cc3)C2c2cccnc2)c1. The van der Waals surface area contributed by atoms with E-state index in [1.807, 2.05) is 13.0 Å². The van der Waals surface area contributed by atoms with Crippen molar-refractivity contribution in [1.29, 1.82) is 5.26 Å². The van der Waals surface area contributed by atoms with Crippen molar-refractivity contribution < 1.29 is 19.4 Å². The van der Waals surface area contributed by atoms with Gasteiger partial charge in [0.15, 0.2) is 0 Å². The summed E-state index contributed by atoms with van der Waals surface area (Å²) in [7, 11) is 0. The summed E-state index contributed by atoms with van der Waals surface area (Å²) < 4.78 is 5.50. The molecule has 3 aromatic rings. The minimum atomic E-state index is -0.882. The van der Waals surface area contributed by atoms with Crippen molar-refractivity contribution in [2.75, 3.05) is 11.5 Å². The maximum atomic E-state index is 13.1. The number of pyridine rings is 1. The summed E-state index contributed by atoms with van der Waals surface area (Å²) in [5.74, 6) is -1.33. The Bertz CT molecular complexity index is 1240. The van der Waals surface area contributed by atoms with E-state index in [9.17, 15) is 14.7 Å². The third kappa shape index (κ3) is 3.70. The van der Waals surface area contributed by atoms with Crippen molar-refractivity contribution in [3.8, 4) is 11.8 Å². The number of nitriles is 1. The molecule has 0 bridgehead atoms. The highest BCUT2D eigenvalue weighted by Crippen LogP contribution is 2.42. The van der Waals surface area contributed by atoms with Crippen LogP contribution in [0.3, 0.4) is 0 Å². The first-order valence-electron chi connectivity index (χ1n) is 9.99. The van der Waals surface area contributed by atoms with Gasteiger partial charge in [-0.3, -0.25) is 19.5 Å². The van der Waals surface area contributed by atoms with E-state index < -0.39 is 17.7 Å². The standard InChI is InChI=1S/C25H19N3O4/c1-2-32-20-7-3-5-17(13-20)23(29)21-22(18-6-4-12-27-15-18)28(25(31)24(21)30)19-10-8-16(14-26)9-11-19/h3-13,15,22,29H,2H2,1H3/b23-21-. The van der Waals surface area contributed by atoms with Crippen LogP contribution in [0.1, 0.15) is 29.7 Å². The van der Waals surface area contributed by atoms with E-state index in [-0.39, 0.29) is 11.3 Å². The van der Waals surface area contributed by atoms with Gasteiger partial charge in [0.1, 0.15) is 11.5 Å². The van der Waals surface area contributed by atoms with Gasteiger partial charge in [-0.05, 0) is 55.0 Å². The summed E-state index contributed by atoms with van der Waals surface area (Å²) in [4.78, 5) is 31.6. The Morgan fingerprint density at radius 2 is 1.94 bits per heavy atom. The number of benzene rings is 2. The Balaban J connectivity index is 1.90. The molecule has 0 aliphatic carbocycles. The lowest BCUT2D eigenvalue weighted by Crippen LogP contribution is -2.29. The fourth-order valence-corrected chi connectivity index (χ4v) is 3.70. The largest absolute Gasteiger partial charge is 0.507 e. The predicted octanol–water partition coefficient (Wildman–Crippen LogP) is 3.98. The first kappa shape index (κ1) is 20.8. The Hall–Kier alpha value is -4.44. The molecule has 1 unspecified atom stereocenters. The lowest BCUT2D eigenvalue weighted by Gasteiger charge is -2.25. The van der Waals surface area contributed by atoms with E-state index in [0.29, 0.717) is 34.7 Å². The van der Waals surface area contributed by atoms with Crippen molar-refractivity contribution in [3.63, 3.8) is 0 Å². The van der Waals surface area contributed by atoms with Gasteiger partial charge in [0.2, 0.25) is 0 Å². The van der Waals surface area contributed by atoms with Crippen molar-refractivity contribution in [2.45, 2.75) is 13.0 Å². The highest BCUT2D eigenvalue weighted by atomic mass is 16.5. The number of ketones is 1. The molecule has 0 spiro atoms. The van der Waals surface area contributed by atoms with Gasteiger partial charge in [-0.15, -0.1) is 0 Å². The number of anilines is 1. The monoisotopic (exact) mass is 425 g/mol. The van der Waals surface area contributed by atoms with Crippen LogP contribution in [0.25, 0.3) is 5.76 Å². The molecule has 1 amide bonds. The topological polar surface area (TPSA) is 104 Å². The Kier molecular flexibility index (Phi) is 5.69. The van der Waals surface area contributed by atoms with E-state index >= 15 is 0 Å². The van der Waals surface area contributed by atoms with Gasteiger partial charge < -0.3 is 9.84 Å². The maximum Gasteiger partial charge on any atom is 0.300 e. The molecule has 32 heavy (non-hydrogen) atoms. The van der Waals surface area contributed by atoms with Gasteiger partial charge in [0, 0.05) is 23.6 Å². The molecule has 4 rings (SSSR count). The summed E-state index contributed by atoms with van der Waals surface area (Å²) in [6, 6.07) is 17.6. The number of Topliss-reactive ketones (excluding diaryl/α,β-unsaturated/α-hetero) is 1. The van der Waals surface area contributed by atoms with Crippen LogP contribution >= 0.6 is 0 Å². The zero-order valence-corrected chi connectivity index (χ0v) is 17.2. The van der Waals surface area contributed by atoms with E-state index in [4.69, 9.17) is 10.00 Å². The van der Waals surface area contributed by atoms with Crippen LogP contribution < -0.4 is 9.64 Å². The first-order chi connectivity index (χ1) is 15.5. The molecule has 2 aromatic carbocycles. The lowest BCUT2D eigenvalue weighted by atomic mass is 9.96. The third-order valence-electron chi connectivity index (χ3n) is 5.14. The molecule has 158 valence electrons. The Morgan fingerprint density at radius 3 is 2.59 bits per heavy atom. The fourth-order valence-electron chi connectivity index (χ4n) is 3.70. The van der Waals surface area contributed by atoms with Crippen LogP contribution in [0.2, 0.25) is 0 Å². The molecule has 7 heteroatoms. The molecule has 2 heterocycles. The molecule has 1 atom stereocenters. The number of carbonyl (C=O) groups excluding carboxylic acids is 2. The molecule has 1 aliphatic heterocycles. The van der Waals surface area contributed by atoms with Gasteiger partial charge >= 0.3 is 0 Å². The van der Waals surface area contributed by atoms with Gasteiger partial charge in [0.05, 0.1) is 29.9 Å². The molecule has 1 saturated heterocycles. The zero-order valence-electron chi connectivity index (χ0n) is 17.2. The van der Waals surface area contributed by atoms with E-state index in [1.54, 1.807) is 73.1 Å². The van der Waals surface area contributed by atoms with Crippen LogP contribution in [0.5, 0.6) is 5.75 Å². The van der Waals surface area contributed by atoms with Crippen molar-refractivity contribution in [2.24, 2.45) is 0 Å². The second kappa shape index (κ2) is 8.74. The molecular formula is C25H19N3O4. The van der Waals surface area contributed by atoms with Gasteiger partial charge in [-0.25, -0.2) is 0 Å². The minimum absolute atomic E-state index is 0.0407. The number of nitrogens with zero attached hydrogens (tertiary/aromatic N) is 3. The first-order valence-corrected chi connectivity index (χ1v) is 9.99. The Labute approximate surface area is 184 Å². The summed E-state index contributed by atoms with van der Waals surface area (Å²) >= 11 is 0. The molecule has 1 aliphatic rings. The van der Waals surface area contributed by atoms with E-state index in [2.05, 4.69) is 4.98 Å². The van der Waals surface area contributed by atoms with Gasteiger partial charge in [0.25, 0.3) is 11.7 Å². The zero-order chi connectivity index (χ0) is 22.7. The van der Waals surface area contributed by atoms with Gasteiger partial charge in [-0.1, -0.05) is 18.2 Å². The smallest absolute Gasteiger partial charge is 0.300 e. The summed E-state index contributed by atoms with van der Waals surface area (Å²) in [6.07, 6.45) is 3.14. The van der Waals surface area contributed by atoms with Gasteiger partial charge in [-0.2, -0.15) is 5.26 Å². The lowest BCUT2D eigenvalue weighted by molar-refractivity contribution is -0.132. The molecule has 1 fully saturated rings. The van der Waals surface area contributed by atoms with Crippen molar-refractivity contribution >= 4 is 23.1 Å². The Morgan fingerprint density at radius 1 is 1.16 bits per heavy atom. The number of ether oxygens (including phenoxy) is 1. The number of carbonyl (C=O) groups is 2. The molecule has 0 radical (unpaired) electrons. The third-order valence-corrected chi connectivity index (χ3v) is 5.14.